The number of nitrogens with one attached hydrogen (secondary N) is 1. The first kappa shape index (κ1) is 15.7. The molecule has 3 amide bonds. The molecule has 10 nitrogen and oxygen atoms in total. The second kappa shape index (κ2) is 5.97. The smallest absolute Gasteiger partial charge is 0.414 e. The Balaban J connectivity index is 2.12. The van der Waals surface area contributed by atoms with Crippen molar-refractivity contribution in [2.45, 2.75) is 19.0 Å². The number of aromatic nitrogens is 1. The minimum atomic E-state index is -1.36. The lowest BCUT2D eigenvalue weighted by Gasteiger charge is -2.41. The van der Waals surface area contributed by atoms with Gasteiger partial charge in [0, 0.05) is 5.38 Å². The average molecular weight is 327 g/mol. The van der Waals surface area contributed by atoms with Gasteiger partial charge in [0.25, 0.3) is 11.8 Å². The Kier molecular flexibility index (Phi) is 4.26. The summed E-state index contributed by atoms with van der Waals surface area (Å²) < 4.78 is 0. The van der Waals surface area contributed by atoms with Crippen LogP contribution in [0.3, 0.4) is 0 Å². The van der Waals surface area contributed by atoms with Crippen molar-refractivity contribution in [2.24, 2.45) is 5.16 Å². The largest absolute Gasteiger partial charge is 0.465 e. The molecule has 118 valence electrons. The fourth-order valence-corrected chi connectivity index (χ4v) is 2.52. The summed E-state index contributed by atoms with van der Waals surface area (Å²) in [7, 11) is 1.26. The molecule has 2 heterocycles. The number of β-lactam (4-membered cyclic amide) rings is 1. The molecule has 0 aliphatic carbocycles. The second-order valence-electron chi connectivity index (χ2n) is 4.38. The van der Waals surface area contributed by atoms with E-state index in [9.17, 15) is 14.4 Å². The van der Waals surface area contributed by atoms with E-state index < -0.39 is 30.0 Å². The lowest BCUT2D eigenvalue weighted by molar-refractivity contribution is -0.147. The zero-order valence-corrected chi connectivity index (χ0v) is 12.5. The highest BCUT2D eigenvalue weighted by atomic mass is 32.1. The van der Waals surface area contributed by atoms with E-state index in [4.69, 9.17) is 10.8 Å². The molecule has 1 aromatic rings. The Labute approximate surface area is 128 Å². The number of rotatable bonds is 4. The van der Waals surface area contributed by atoms with Gasteiger partial charge in [-0.15, -0.1) is 11.3 Å². The molecule has 1 aliphatic rings. The summed E-state index contributed by atoms with van der Waals surface area (Å²) in [5, 5.41) is 16.6. The maximum absolute atomic E-state index is 12.2. The molecule has 2 atom stereocenters. The van der Waals surface area contributed by atoms with Crippen LogP contribution in [0.2, 0.25) is 0 Å². The number of likely N-dealkylation sites (tertiary alicyclic amines) is 1. The Bertz CT molecular complexity index is 657. The van der Waals surface area contributed by atoms with Crippen LogP contribution in [0.5, 0.6) is 0 Å². The number of amides is 3. The van der Waals surface area contributed by atoms with Crippen LogP contribution in [-0.2, 0) is 14.4 Å². The maximum atomic E-state index is 12.2. The zero-order chi connectivity index (χ0) is 16.4. The van der Waals surface area contributed by atoms with Gasteiger partial charge < -0.3 is 21.0 Å². The van der Waals surface area contributed by atoms with Gasteiger partial charge in [-0.3, -0.25) is 9.59 Å². The van der Waals surface area contributed by atoms with Gasteiger partial charge in [-0.1, -0.05) is 5.16 Å². The van der Waals surface area contributed by atoms with Gasteiger partial charge in [0.1, 0.15) is 18.8 Å². The number of thiazole rings is 1. The van der Waals surface area contributed by atoms with Crippen molar-refractivity contribution in [1.29, 1.82) is 0 Å². The molecule has 1 aliphatic heterocycles. The summed E-state index contributed by atoms with van der Waals surface area (Å²) in [5.74, 6) is -1.41. The van der Waals surface area contributed by atoms with E-state index in [1.807, 2.05) is 0 Å². The van der Waals surface area contributed by atoms with Crippen molar-refractivity contribution >= 4 is 40.1 Å². The second-order valence-corrected chi connectivity index (χ2v) is 5.27. The maximum Gasteiger partial charge on any atom is 0.414 e. The molecule has 0 unspecified atom stereocenters. The Hall–Kier alpha value is -2.69. The van der Waals surface area contributed by atoms with Crippen molar-refractivity contribution in [3.63, 3.8) is 0 Å². The first-order valence-electron chi connectivity index (χ1n) is 6.06. The van der Waals surface area contributed by atoms with Crippen LogP contribution >= 0.6 is 11.3 Å². The Morgan fingerprint density at radius 1 is 1.59 bits per heavy atom. The predicted molar refractivity (Wildman–Crippen MR) is 76.3 cm³/mol. The highest BCUT2D eigenvalue weighted by Crippen LogP contribution is 2.20. The topological polar surface area (TPSA) is 147 Å². The number of anilines is 1. The molecule has 22 heavy (non-hydrogen) atoms. The lowest BCUT2D eigenvalue weighted by Crippen LogP contribution is -2.71. The SMILES string of the molecule is CON=C(C(=O)N[C@@H]1C(=O)N(C(=O)O)[C@H]1C)c1csc(N)n1. The standard InChI is InChI=1S/C11H13N5O5S/c1-4-6(9(18)16(4)11(19)20)14-8(17)7(15-21-2)5-3-22-10(12)13-5/h3-4,6H,1-2H3,(H2,12,13)(H,14,17)(H,19,20)/t4-,6-/m0/s1. The minimum Gasteiger partial charge on any atom is -0.465 e. The molecule has 0 aromatic carbocycles. The molecule has 0 spiro atoms. The van der Waals surface area contributed by atoms with E-state index in [1.54, 1.807) is 0 Å². The summed E-state index contributed by atoms with van der Waals surface area (Å²) in [6.45, 7) is 1.51. The summed E-state index contributed by atoms with van der Waals surface area (Å²) in [4.78, 5) is 43.9. The van der Waals surface area contributed by atoms with E-state index in [1.165, 1.54) is 19.4 Å². The summed E-state index contributed by atoms with van der Waals surface area (Å²) in [5.41, 5.74) is 5.56. The van der Waals surface area contributed by atoms with E-state index >= 15 is 0 Å². The quantitative estimate of drug-likeness (QED) is 0.382. The zero-order valence-electron chi connectivity index (χ0n) is 11.6. The van der Waals surface area contributed by atoms with Crippen LogP contribution in [0.15, 0.2) is 10.5 Å². The highest BCUT2D eigenvalue weighted by molar-refractivity contribution is 7.13. The Morgan fingerprint density at radius 3 is 2.73 bits per heavy atom. The van der Waals surface area contributed by atoms with Gasteiger partial charge >= 0.3 is 6.09 Å². The number of carbonyl (C=O) groups excluding carboxylic acids is 2. The molecule has 0 radical (unpaired) electrons. The van der Waals surface area contributed by atoms with Gasteiger partial charge in [-0.25, -0.2) is 14.7 Å². The van der Waals surface area contributed by atoms with Crippen molar-refractivity contribution in [3.8, 4) is 0 Å². The fraction of sp³-hybridized carbons (Fsp3) is 0.364. The molecule has 1 saturated heterocycles. The number of hydrogen-bond acceptors (Lipinski definition) is 8. The average Bonchev–Trinajstić information content (AvgIpc) is 2.88. The number of hydrogen-bond donors (Lipinski definition) is 3. The molecule has 2 rings (SSSR count). The molecule has 1 fully saturated rings. The first-order chi connectivity index (χ1) is 10.4. The van der Waals surface area contributed by atoms with Crippen molar-refractivity contribution < 1.29 is 24.3 Å². The van der Waals surface area contributed by atoms with Crippen molar-refractivity contribution in [2.75, 3.05) is 12.8 Å². The number of nitrogens with zero attached hydrogens (tertiary/aromatic N) is 3. The van der Waals surface area contributed by atoms with E-state index in [0.29, 0.717) is 4.90 Å². The lowest BCUT2D eigenvalue weighted by atomic mass is 9.97. The van der Waals surface area contributed by atoms with E-state index in [-0.39, 0.29) is 16.5 Å². The van der Waals surface area contributed by atoms with Gasteiger partial charge in [0.2, 0.25) is 0 Å². The van der Waals surface area contributed by atoms with Crippen LogP contribution in [0.25, 0.3) is 0 Å². The number of carboxylic acid groups (broad SMARTS) is 1. The summed E-state index contributed by atoms with van der Waals surface area (Å²) in [6, 6.07) is -1.61. The number of nitrogen functional groups attached to an aromatic ring is 1. The monoisotopic (exact) mass is 327 g/mol. The molecular weight excluding hydrogens is 314 g/mol. The fourth-order valence-electron chi connectivity index (χ4n) is 1.98. The third kappa shape index (κ3) is 2.70. The molecule has 11 heteroatoms. The highest BCUT2D eigenvalue weighted by Gasteiger charge is 2.49. The molecular formula is C11H13N5O5S. The first-order valence-corrected chi connectivity index (χ1v) is 6.94. The normalized spacial score (nSPS) is 21.3. The van der Waals surface area contributed by atoms with Crippen LogP contribution < -0.4 is 11.1 Å². The Morgan fingerprint density at radius 2 is 2.27 bits per heavy atom. The van der Waals surface area contributed by atoms with Crippen molar-refractivity contribution in [1.82, 2.24) is 15.2 Å². The number of imide groups is 1. The number of nitrogens with two attached hydrogens (primary N) is 1. The molecule has 0 saturated carbocycles. The molecule has 1 aromatic heterocycles. The van der Waals surface area contributed by atoms with Crippen LogP contribution in [-0.4, -0.2) is 57.8 Å². The van der Waals surface area contributed by atoms with Crippen LogP contribution in [0.4, 0.5) is 9.93 Å². The van der Waals surface area contributed by atoms with E-state index in [2.05, 4.69) is 20.3 Å². The van der Waals surface area contributed by atoms with Gasteiger partial charge in [0.15, 0.2) is 10.8 Å². The van der Waals surface area contributed by atoms with Crippen molar-refractivity contribution in [3.05, 3.63) is 11.1 Å². The predicted octanol–water partition coefficient (Wildman–Crippen LogP) is -0.531. The summed E-state index contributed by atoms with van der Waals surface area (Å²) >= 11 is 1.12. The van der Waals surface area contributed by atoms with Crippen LogP contribution in [0, 0.1) is 0 Å². The molecule has 0 bridgehead atoms. The van der Waals surface area contributed by atoms with Gasteiger partial charge in [-0.05, 0) is 6.92 Å². The number of carbonyl (C=O) groups is 3. The minimum absolute atomic E-state index is 0.149. The van der Waals surface area contributed by atoms with Crippen LogP contribution in [0.1, 0.15) is 12.6 Å². The number of oxime groups is 1. The third-order valence-electron chi connectivity index (χ3n) is 3.05. The van der Waals surface area contributed by atoms with E-state index in [0.717, 1.165) is 11.3 Å². The third-order valence-corrected chi connectivity index (χ3v) is 3.72. The van der Waals surface area contributed by atoms with Gasteiger partial charge in [0.05, 0.1) is 6.04 Å². The van der Waals surface area contributed by atoms with Gasteiger partial charge in [-0.2, -0.15) is 0 Å². The molecule has 4 N–H and O–H groups in total. The summed E-state index contributed by atoms with van der Waals surface area (Å²) in [6.07, 6.45) is -1.36.